The van der Waals surface area contributed by atoms with Crippen LogP contribution in [0.1, 0.15) is 30.4 Å². The summed E-state index contributed by atoms with van der Waals surface area (Å²) in [6.45, 7) is -0.954. The molecule has 1 aromatic carbocycles. The smallest absolute Gasteiger partial charge is 0.367 e. The molecule has 3 rings (SSSR count). The number of nitrogens with one attached hydrogen (secondary N) is 1. The lowest BCUT2D eigenvalue weighted by Gasteiger charge is -2.27. The molecule has 3 N–H and O–H groups in total. The average molecular weight is 356 g/mol. The van der Waals surface area contributed by atoms with E-state index in [-0.39, 0.29) is 24.5 Å². The van der Waals surface area contributed by atoms with Crippen LogP contribution >= 0.6 is 0 Å². The fourth-order valence-electron chi connectivity index (χ4n) is 4.07. The summed E-state index contributed by atoms with van der Waals surface area (Å²) in [6, 6.07) is 6.95. The predicted molar refractivity (Wildman–Crippen MR) is 86.3 cm³/mol. The molecule has 1 amide bonds. The molecule has 25 heavy (non-hydrogen) atoms. The quantitative estimate of drug-likeness (QED) is 0.824. The Labute approximate surface area is 144 Å². The van der Waals surface area contributed by atoms with Gasteiger partial charge in [0.1, 0.15) is 6.61 Å². The van der Waals surface area contributed by atoms with Gasteiger partial charge in [-0.2, -0.15) is 13.2 Å². The summed E-state index contributed by atoms with van der Waals surface area (Å²) in [7, 11) is 0. The number of hydrogen-bond acceptors (Lipinski definition) is 3. The third-order valence-electron chi connectivity index (χ3n) is 5.31. The number of rotatable bonds is 6. The summed E-state index contributed by atoms with van der Waals surface area (Å²) < 4.78 is 40.7. The minimum atomic E-state index is -4.31. The summed E-state index contributed by atoms with van der Waals surface area (Å²) in [6.07, 6.45) is -1.03. The number of carbonyl (C=O) groups excluding carboxylic acids is 1. The molecule has 4 unspecified atom stereocenters. The maximum absolute atomic E-state index is 12.4. The predicted octanol–water partition coefficient (Wildman–Crippen LogP) is 2.76. The van der Waals surface area contributed by atoms with Crippen LogP contribution in [0, 0.1) is 17.8 Å². The van der Waals surface area contributed by atoms with Crippen molar-refractivity contribution in [3.8, 4) is 0 Å². The molecule has 2 fully saturated rings. The highest BCUT2D eigenvalue weighted by Crippen LogP contribution is 2.47. The number of ether oxygens (including phenoxy) is 1. The van der Waals surface area contributed by atoms with Crippen LogP contribution in [0.3, 0.4) is 0 Å². The van der Waals surface area contributed by atoms with E-state index in [2.05, 4.69) is 10.1 Å². The van der Waals surface area contributed by atoms with Gasteiger partial charge in [0, 0.05) is 12.6 Å². The molecule has 0 aliphatic heterocycles. The van der Waals surface area contributed by atoms with Gasteiger partial charge in [-0.3, -0.25) is 4.79 Å². The molecule has 2 aliphatic rings. The zero-order valence-electron chi connectivity index (χ0n) is 13.9. The monoisotopic (exact) mass is 356 g/mol. The lowest BCUT2D eigenvalue weighted by atomic mass is 9.84. The van der Waals surface area contributed by atoms with Gasteiger partial charge in [0.15, 0.2) is 0 Å². The van der Waals surface area contributed by atoms with E-state index in [4.69, 9.17) is 5.73 Å². The minimum Gasteiger partial charge on any atom is -0.367 e. The van der Waals surface area contributed by atoms with Crippen LogP contribution in [0.5, 0.6) is 0 Å². The van der Waals surface area contributed by atoms with E-state index in [0.717, 1.165) is 24.8 Å². The summed E-state index contributed by atoms with van der Waals surface area (Å²) in [5, 5.41) is 2.94. The third-order valence-corrected chi connectivity index (χ3v) is 5.31. The maximum Gasteiger partial charge on any atom is 0.411 e. The van der Waals surface area contributed by atoms with Crippen molar-refractivity contribution in [3.63, 3.8) is 0 Å². The van der Waals surface area contributed by atoms with Crippen molar-refractivity contribution in [2.24, 2.45) is 23.5 Å². The first-order chi connectivity index (χ1) is 11.8. The number of carbonyl (C=O) groups is 1. The van der Waals surface area contributed by atoms with Crippen molar-refractivity contribution >= 4 is 5.91 Å². The standard InChI is InChI=1S/C18H23F3N2O2/c19-18(20,21)10-25-9-12-3-1-11(2-4-12)8-23-17(24)15-13-5-6-14(7-13)16(15)22/h1-4,13-16H,5-10,22H2,(H,23,24). The van der Waals surface area contributed by atoms with E-state index in [9.17, 15) is 18.0 Å². The Morgan fingerprint density at radius 2 is 1.80 bits per heavy atom. The Hall–Kier alpha value is -1.60. The van der Waals surface area contributed by atoms with Gasteiger partial charge in [0.2, 0.25) is 5.91 Å². The zero-order valence-corrected chi connectivity index (χ0v) is 13.9. The minimum absolute atomic E-state index is 0.0114. The fraction of sp³-hybridized carbons (Fsp3) is 0.611. The Kier molecular flexibility index (Phi) is 5.34. The van der Waals surface area contributed by atoms with E-state index in [0.29, 0.717) is 23.9 Å². The summed E-state index contributed by atoms with van der Waals surface area (Å²) in [5.41, 5.74) is 7.73. The number of nitrogens with two attached hydrogens (primary N) is 1. The van der Waals surface area contributed by atoms with Gasteiger partial charge in [0.05, 0.1) is 12.5 Å². The Morgan fingerprint density at radius 1 is 1.16 bits per heavy atom. The van der Waals surface area contributed by atoms with E-state index >= 15 is 0 Å². The molecular formula is C18H23F3N2O2. The molecule has 4 nitrogen and oxygen atoms in total. The first-order valence-electron chi connectivity index (χ1n) is 8.59. The van der Waals surface area contributed by atoms with Crippen LogP contribution in [0.4, 0.5) is 13.2 Å². The first-order valence-corrected chi connectivity index (χ1v) is 8.59. The highest BCUT2D eigenvalue weighted by atomic mass is 19.4. The molecule has 2 aliphatic carbocycles. The second kappa shape index (κ2) is 7.33. The van der Waals surface area contributed by atoms with Gasteiger partial charge in [-0.1, -0.05) is 24.3 Å². The molecule has 138 valence electrons. The number of amides is 1. The van der Waals surface area contributed by atoms with E-state index < -0.39 is 12.8 Å². The Bertz CT molecular complexity index is 601. The SMILES string of the molecule is NC1C2CCC(C2)C1C(=O)NCc1ccc(COCC(F)(F)F)cc1. The van der Waals surface area contributed by atoms with E-state index in [1.807, 2.05) is 0 Å². The van der Waals surface area contributed by atoms with Crippen molar-refractivity contribution in [3.05, 3.63) is 35.4 Å². The number of alkyl halides is 3. The second-order valence-corrected chi connectivity index (χ2v) is 7.08. The van der Waals surface area contributed by atoms with Crippen molar-refractivity contribution in [2.45, 2.75) is 44.6 Å². The van der Waals surface area contributed by atoms with Gasteiger partial charge in [-0.05, 0) is 42.2 Å². The number of hydrogen-bond donors (Lipinski definition) is 2. The van der Waals surface area contributed by atoms with Crippen LogP contribution in [-0.2, 0) is 22.7 Å². The molecular weight excluding hydrogens is 333 g/mol. The molecule has 0 heterocycles. The van der Waals surface area contributed by atoms with Gasteiger partial charge in [-0.15, -0.1) is 0 Å². The number of halogens is 3. The summed E-state index contributed by atoms with van der Waals surface area (Å²) in [5.74, 6) is 0.816. The molecule has 2 saturated carbocycles. The normalized spacial score (nSPS) is 28.3. The van der Waals surface area contributed by atoms with Crippen LogP contribution in [0.15, 0.2) is 24.3 Å². The van der Waals surface area contributed by atoms with Gasteiger partial charge >= 0.3 is 6.18 Å². The highest BCUT2D eigenvalue weighted by Gasteiger charge is 2.48. The van der Waals surface area contributed by atoms with Crippen molar-refractivity contribution in [2.75, 3.05) is 6.61 Å². The van der Waals surface area contributed by atoms with Crippen molar-refractivity contribution < 1.29 is 22.7 Å². The molecule has 4 atom stereocenters. The van der Waals surface area contributed by atoms with Crippen molar-refractivity contribution in [1.29, 1.82) is 0 Å². The second-order valence-electron chi connectivity index (χ2n) is 7.08. The van der Waals surface area contributed by atoms with Crippen LogP contribution < -0.4 is 11.1 Å². The lowest BCUT2D eigenvalue weighted by Crippen LogP contribution is -2.45. The molecule has 0 aromatic heterocycles. The Morgan fingerprint density at radius 3 is 2.40 bits per heavy atom. The average Bonchev–Trinajstić information content (AvgIpc) is 3.14. The molecule has 2 bridgehead atoms. The fourth-order valence-corrected chi connectivity index (χ4v) is 4.07. The van der Waals surface area contributed by atoms with Gasteiger partial charge < -0.3 is 15.8 Å². The Balaban J connectivity index is 1.45. The van der Waals surface area contributed by atoms with E-state index in [1.54, 1.807) is 24.3 Å². The molecule has 0 spiro atoms. The third kappa shape index (κ3) is 4.52. The van der Waals surface area contributed by atoms with E-state index in [1.165, 1.54) is 0 Å². The molecule has 1 aromatic rings. The maximum atomic E-state index is 12.4. The van der Waals surface area contributed by atoms with Crippen LogP contribution in [-0.4, -0.2) is 24.7 Å². The zero-order chi connectivity index (χ0) is 18.0. The molecule has 0 radical (unpaired) electrons. The highest BCUT2D eigenvalue weighted by molar-refractivity contribution is 5.80. The van der Waals surface area contributed by atoms with Crippen LogP contribution in [0.2, 0.25) is 0 Å². The van der Waals surface area contributed by atoms with Gasteiger partial charge in [-0.25, -0.2) is 0 Å². The summed E-state index contributed by atoms with van der Waals surface area (Å²) >= 11 is 0. The first kappa shape index (κ1) is 18.2. The number of fused-ring (bicyclic) bond motifs is 2. The molecule has 0 saturated heterocycles. The topological polar surface area (TPSA) is 64.4 Å². The largest absolute Gasteiger partial charge is 0.411 e. The van der Waals surface area contributed by atoms with Crippen LogP contribution in [0.25, 0.3) is 0 Å². The molecule has 7 heteroatoms. The van der Waals surface area contributed by atoms with Crippen molar-refractivity contribution in [1.82, 2.24) is 5.32 Å². The summed E-state index contributed by atoms with van der Waals surface area (Å²) in [4.78, 5) is 12.4. The lowest BCUT2D eigenvalue weighted by molar-refractivity contribution is -0.176. The van der Waals surface area contributed by atoms with Gasteiger partial charge in [0.25, 0.3) is 0 Å². The number of benzene rings is 1.